The maximum atomic E-state index is 12.6. The number of nitrogens with zero attached hydrogens (tertiary/aromatic N) is 12. The van der Waals surface area contributed by atoms with Crippen molar-refractivity contribution in [3.05, 3.63) is 287 Å². The van der Waals surface area contributed by atoms with E-state index in [-0.39, 0.29) is 33.4 Å². The summed E-state index contributed by atoms with van der Waals surface area (Å²) in [5.41, 5.74) is 16.1. The third-order valence-electron chi connectivity index (χ3n) is 21.4. The van der Waals surface area contributed by atoms with Crippen molar-refractivity contribution in [3.8, 4) is 11.5 Å². The molecule has 4 aromatic heterocycles. The SMILES string of the molecule is CC(C)(C)c1cccc(Cc2nc(Nc3ccc(N4CCOCC4)cc3)ncc2Cl)c1.CC(C)NS(=O)(=O)c1cccc(Cc2nc(Nc3ccc(N4CCN(C(=O)OC(C)(C)C)CC4)cc3)ncc2Br)c1.CC(C)NS(=O)(=O)c1cccc(Cc2nc(Nc3ccc(N4CCNCC4)cc3)ncc2Br)c1.CCc1cnc(Nc2ccc(Cl)c(OC)c2)nc1Cc1ccc(Cl)c(OC)c1. The van der Waals surface area contributed by atoms with Crippen molar-refractivity contribution in [1.82, 2.24) is 59.5 Å². The Morgan fingerprint density at radius 2 is 0.851 bits per heavy atom. The van der Waals surface area contributed by atoms with Crippen LogP contribution in [0.5, 0.6) is 11.5 Å². The lowest BCUT2D eigenvalue weighted by Gasteiger charge is -2.36. The number of piperazine rings is 2. The first-order valence-corrected chi connectivity index (χ1v) is 50.0. The normalized spacial score (nSPS) is 13.6. The van der Waals surface area contributed by atoms with Crippen molar-refractivity contribution in [2.24, 2.45) is 0 Å². The number of morpholine rings is 1. The predicted octanol–water partition coefficient (Wildman–Crippen LogP) is 20.3. The number of amides is 1. The van der Waals surface area contributed by atoms with Gasteiger partial charge in [0.15, 0.2) is 0 Å². The lowest BCUT2D eigenvalue weighted by atomic mass is 9.86. The summed E-state index contributed by atoms with van der Waals surface area (Å²) < 4.78 is 78.5. The number of aromatic nitrogens is 8. The van der Waals surface area contributed by atoms with E-state index in [1.54, 1.807) is 108 Å². The van der Waals surface area contributed by atoms with Gasteiger partial charge in [0.1, 0.15) is 17.1 Å². The fourth-order valence-electron chi connectivity index (χ4n) is 14.6. The summed E-state index contributed by atoms with van der Waals surface area (Å²) in [6, 6.07) is 57.8. The second kappa shape index (κ2) is 47.5. The number of hydrogen-bond donors (Lipinski definition) is 7. The predicted molar refractivity (Wildman–Crippen MR) is 545 cm³/mol. The summed E-state index contributed by atoms with van der Waals surface area (Å²) >= 11 is 25.7. The number of hydrogen-bond acceptors (Lipinski definition) is 25. The molecular formula is C99H116Br2Cl3N19O9S2. The Hall–Kier alpha value is -10.9. The number of halogens is 5. The molecule has 1 amide bonds. The lowest BCUT2D eigenvalue weighted by Crippen LogP contribution is -2.50. The molecule has 134 heavy (non-hydrogen) atoms. The van der Waals surface area contributed by atoms with Gasteiger partial charge in [-0.1, -0.05) is 117 Å². The minimum atomic E-state index is -3.59. The van der Waals surface area contributed by atoms with E-state index in [0.717, 1.165) is 154 Å². The number of carbonyl (C=O) groups is 1. The Labute approximate surface area is 818 Å². The van der Waals surface area contributed by atoms with E-state index < -0.39 is 25.6 Å². The van der Waals surface area contributed by atoms with Crippen molar-refractivity contribution in [2.45, 2.75) is 141 Å². The van der Waals surface area contributed by atoms with Crippen LogP contribution in [0, 0.1) is 0 Å². The van der Waals surface area contributed by atoms with Gasteiger partial charge in [-0.15, -0.1) is 0 Å². The summed E-state index contributed by atoms with van der Waals surface area (Å²) in [6.07, 6.45) is 9.69. The van der Waals surface area contributed by atoms with Crippen molar-refractivity contribution < 1.29 is 40.6 Å². The second-order valence-corrected chi connectivity index (χ2v) is 41.1. The number of aryl methyl sites for hydroxylation is 1. The summed E-state index contributed by atoms with van der Waals surface area (Å²) in [6.45, 7) is 31.6. The quantitative estimate of drug-likeness (QED) is 0.0239. The molecule has 0 bridgehead atoms. The molecule has 708 valence electrons. The largest absolute Gasteiger partial charge is 0.495 e. The second-order valence-electron chi connectivity index (χ2n) is 34.7. The van der Waals surface area contributed by atoms with Crippen LogP contribution in [0.3, 0.4) is 0 Å². The Morgan fingerprint density at radius 3 is 1.32 bits per heavy atom. The molecule has 8 aromatic carbocycles. The van der Waals surface area contributed by atoms with Gasteiger partial charge in [-0.05, 0) is 247 Å². The van der Waals surface area contributed by atoms with Crippen molar-refractivity contribution in [1.29, 1.82) is 0 Å². The Morgan fingerprint density at radius 1 is 0.455 bits per heavy atom. The van der Waals surface area contributed by atoms with E-state index in [1.165, 1.54) is 22.5 Å². The highest BCUT2D eigenvalue weighted by Crippen LogP contribution is 2.34. The average molecular weight is 2050 g/mol. The minimum Gasteiger partial charge on any atom is -0.495 e. The number of ether oxygens (including phenoxy) is 4. The molecule has 3 fully saturated rings. The highest BCUT2D eigenvalue weighted by Gasteiger charge is 2.28. The molecule has 3 saturated heterocycles. The Bertz CT molecular complexity index is 6190. The maximum Gasteiger partial charge on any atom is 0.410 e. The van der Waals surface area contributed by atoms with Crippen LogP contribution >= 0.6 is 66.7 Å². The van der Waals surface area contributed by atoms with Gasteiger partial charge in [0.05, 0.1) is 90.2 Å². The molecule has 0 spiro atoms. The standard InChI is InChI=1S/C29H37BrN6O4S.C25H29ClN4O.C24H29BrN6O2S.C21H21Cl2N3O2/c1-20(2)34-41(38,39)24-8-6-7-21(17-24)18-26-25(30)19-31-27(33-26)32-22-9-11-23(12-10-22)35-13-15-36(16-14-35)28(37)40-29(3,4)5;1-25(2,3)19-6-4-5-18(15-19)16-23-22(26)17-27-24(29-23)28-20-7-9-21(10-8-20)30-11-13-31-14-12-30;1-17(2)30-34(32,33)21-5-3-4-18(14-21)15-23-22(25)16-27-24(29-23)28-19-6-8-20(9-7-19)31-12-10-26-11-13-31;1-4-14-12-24-21(25-15-6-8-17(23)20(11-15)28-3)26-18(14)9-13-5-7-16(22)19(10-13)27-2/h6-12,17,19-20,34H,13-16,18H2,1-5H3,(H,31,32,33);4-10,15,17H,11-14,16H2,1-3H3,(H,27,28,29);3-9,14,16-17,26,30H,10-13,15H2,1-2H3,(H,27,28,29);5-8,10-12H,4,9H2,1-3H3,(H,24,25,26). The molecular weight excluding hydrogens is 1930 g/mol. The van der Waals surface area contributed by atoms with Gasteiger partial charge in [0.25, 0.3) is 0 Å². The highest BCUT2D eigenvalue weighted by atomic mass is 79.9. The van der Waals surface area contributed by atoms with Crippen LogP contribution < -0.4 is 60.2 Å². The zero-order chi connectivity index (χ0) is 95.9. The van der Waals surface area contributed by atoms with Crippen LogP contribution in [0.25, 0.3) is 0 Å². The number of benzene rings is 8. The van der Waals surface area contributed by atoms with Gasteiger partial charge < -0.3 is 65.1 Å². The van der Waals surface area contributed by atoms with Crippen LogP contribution in [0.4, 0.5) is 68.4 Å². The molecule has 0 radical (unpaired) electrons. The average Bonchev–Trinajstić information content (AvgIpc) is 0.824. The fraction of sp³-hybridized carbons (Fsp3) is 0.343. The highest BCUT2D eigenvalue weighted by molar-refractivity contribution is 9.10. The molecule has 28 nitrogen and oxygen atoms in total. The van der Waals surface area contributed by atoms with Crippen LogP contribution in [-0.4, -0.2) is 178 Å². The first kappa shape index (κ1) is 102. The van der Waals surface area contributed by atoms with Gasteiger partial charge in [0, 0.05) is 168 Å². The van der Waals surface area contributed by atoms with E-state index in [1.807, 2.05) is 106 Å². The number of rotatable bonds is 28. The lowest BCUT2D eigenvalue weighted by molar-refractivity contribution is 0.0240. The molecule has 3 aliphatic rings. The van der Waals surface area contributed by atoms with Crippen molar-refractivity contribution in [3.63, 3.8) is 0 Å². The third kappa shape index (κ3) is 30.3. The van der Waals surface area contributed by atoms with Gasteiger partial charge in [0.2, 0.25) is 43.8 Å². The first-order valence-electron chi connectivity index (χ1n) is 44.3. The van der Waals surface area contributed by atoms with Crippen LogP contribution in [0.1, 0.15) is 132 Å². The summed E-state index contributed by atoms with van der Waals surface area (Å²) in [4.78, 5) is 57.8. The van der Waals surface area contributed by atoms with Gasteiger partial charge in [-0.3, -0.25) is 0 Å². The minimum absolute atomic E-state index is 0.103. The van der Waals surface area contributed by atoms with E-state index in [2.05, 4.69) is 206 Å². The molecule has 3 aliphatic heterocycles. The molecule has 0 unspecified atom stereocenters. The molecule has 15 rings (SSSR count). The van der Waals surface area contributed by atoms with Crippen LogP contribution in [-0.2, 0) is 67.0 Å². The van der Waals surface area contributed by atoms with Gasteiger partial charge in [-0.2, -0.15) is 0 Å². The first-order chi connectivity index (χ1) is 64.0. The molecule has 0 aliphatic carbocycles. The Balaban J connectivity index is 0.000000162. The zero-order valence-electron chi connectivity index (χ0n) is 77.6. The van der Waals surface area contributed by atoms with E-state index >= 15 is 0 Å². The van der Waals surface area contributed by atoms with Crippen LogP contribution in [0.2, 0.25) is 15.1 Å². The molecule has 12 aromatic rings. The molecule has 0 atom stereocenters. The number of nitrogens with one attached hydrogen (secondary N) is 7. The summed E-state index contributed by atoms with van der Waals surface area (Å²) in [5.74, 6) is 3.22. The smallest absolute Gasteiger partial charge is 0.410 e. The summed E-state index contributed by atoms with van der Waals surface area (Å²) in [5, 5.41) is 18.1. The topological polar surface area (TPSA) is 323 Å². The number of methoxy groups -OCH3 is 2. The number of carbonyl (C=O) groups excluding carboxylic acids is 1. The third-order valence-corrected chi connectivity index (χ3v) is 27.0. The van der Waals surface area contributed by atoms with Crippen molar-refractivity contribution >= 4 is 156 Å². The van der Waals surface area contributed by atoms with E-state index in [0.29, 0.717) is 89.1 Å². The molecule has 7 N–H and O–H groups in total. The van der Waals surface area contributed by atoms with Crippen LogP contribution in [0.15, 0.2) is 226 Å². The van der Waals surface area contributed by atoms with E-state index in [9.17, 15) is 21.6 Å². The van der Waals surface area contributed by atoms with Gasteiger partial charge in [-0.25, -0.2) is 70.9 Å². The number of sulfonamides is 2. The summed E-state index contributed by atoms with van der Waals surface area (Å²) in [7, 11) is -3.96. The number of anilines is 11. The molecule has 0 saturated carbocycles. The monoisotopic (exact) mass is 2040 g/mol. The van der Waals surface area contributed by atoms with E-state index in [4.69, 9.17) is 58.7 Å². The zero-order valence-corrected chi connectivity index (χ0v) is 84.6. The molecule has 7 heterocycles. The fourth-order valence-corrected chi connectivity index (χ4v) is 18.4. The van der Waals surface area contributed by atoms with Gasteiger partial charge >= 0.3 is 6.09 Å². The maximum absolute atomic E-state index is 12.6. The Kier molecular flexibility index (Phi) is 36.2. The van der Waals surface area contributed by atoms with Crippen molar-refractivity contribution in [2.75, 3.05) is 129 Å². The molecule has 35 heteroatoms.